The third-order valence-corrected chi connectivity index (χ3v) is 8.33. The molecule has 2 aliphatic rings. The Labute approximate surface area is 231 Å². The van der Waals surface area contributed by atoms with Crippen LogP contribution < -0.4 is 10.6 Å². The van der Waals surface area contributed by atoms with Crippen LogP contribution in [-0.2, 0) is 22.6 Å². The van der Waals surface area contributed by atoms with Crippen LogP contribution >= 0.6 is 0 Å². The van der Waals surface area contributed by atoms with E-state index in [0.29, 0.717) is 18.4 Å². The van der Waals surface area contributed by atoms with E-state index in [4.69, 9.17) is 0 Å². The first-order valence-corrected chi connectivity index (χ1v) is 13.7. The van der Waals surface area contributed by atoms with Gasteiger partial charge in [0.05, 0.1) is 6.04 Å². The number of benzene rings is 3. The zero-order valence-corrected chi connectivity index (χ0v) is 22.4. The Bertz CT molecular complexity index is 1610. The minimum atomic E-state index is -0.791. The molecular weight excluding hydrogens is 507 g/mol. The molecule has 3 N–H and O–H groups in total. The highest BCUT2D eigenvalue weighted by molar-refractivity contribution is 6.04. The first kappa shape index (κ1) is 25.8. The number of halogens is 1. The van der Waals surface area contributed by atoms with Crippen LogP contribution in [0.1, 0.15) is 59.1 Å². The van der Waals surface area contributed by atoms with Gasteiger partial charge in [0.15, 0.2) is 0 Å². The Balaban J connectivity index is 1.31. The topological polar surface area (TPSA) is 94.3 Å². The molecule has 3 aromatic carbocycles. The predicted molar refractivity (Wildman–Crippen MR) is 150 cm³/mol. The average Bonchev–Trinajstić information content (AvgIpc) is 3.50. The van der Waals surface area contributed by atoms with Crippen molar-refractivity contribution in [2.24, 2.45) is 5.92 Å². The van der Waals surface area contributed by atoms with Gasteiger partial charge >= 0.3 is 0 Å². The van der Waals surface area contributed by atoms with Crippen molar-refractivity contribution in [1.29, 1.82) is 0 Å². The lowest BCUT2D eigenvalue weighted by molar-refractivity contribution is -0.133. The Hall–Kier alpha value is -4.46. The lowest BCUT2D eigenvalue weighted by Gasteiger charge is -2.38. The molecule has 7 nitrogen and oxygen atoms in total. The Morgan fingerprint density at radius 1 is 1.05 bits per heavy atom. The molecule has 40 heavy (non-hydrogen) atoms. The van der Waals surface area contributed by atoms with Gasteiger partial charge in [-0.25, -0.2) is 4.39 Å². The van der Waals surface area contributed by atoms with Crippen molar-refractivity contribution < 1.29 is 18.8 Å². The minimum Gasteiger partial charge on any atom is -0.356 e. The number of hydrogen-bond donors (Lipinski definition) is 3. The number of aromatic amines is 1. The summed E-state index contributed by atoms with van der Waals surface area (Å²) < 4.78 is 13.3. The molecule has 0 bridgehead atoms. The smallest absolute Gasteiger partial charge is 0.255 e. The van der Waals surface area contributed by atoms with Gasteiger partial charge in [-0.3, -0.25) is 14.4 Å². The monoisotopic (exact) mass is 538 g/mol. The summed E-state index contributed by atoms with van der Waals surface area (Å²) in [6.45, 7) is 4.10. The van der Waals surface area contributed by atoms with Crippen LogP contribution in [0.2, 0.25) is 0 Å². The summed E-state index contributed by atoms with van der Waals surface area (Å²) in [4.78, 5) is 46.2. The third-order valence-electron chi connectivity index (χ3n) is 8.33. The van der Waals surface area contributed by atoms with Crippen molar-refractivity contribution >= 4 is 28.6 Å². The van der Waals surface area contributed by atoms with Gasteiger partial charge < -0.3 is 20.5 Å². The SMILES string of the molecule is CC[C@@H](C)[C@H](NC(=O)[C@@H]1Cc2c([nH]c3ccccc23)[C@@H]2c3ccccc3C(=O)N21)C(=O)NCc1ccc(F)cc1. The van der Waals surface area contributed by atoms with E-state index >= 15 is 0 Å². The van der Waals surface area contributed by atoms with E-state index in [2.05, 4.69) is 15.6 Å². The fourth-order valence-corrected chi connectivity index (χ4v) is 5.99. The van der Waals surface area contributed by atoms with Crippen molar-refractivity contribution in [2.45, 2.75) is 51.4 Å². The number of fused-ring (bicyclic) bond motifs is 7. The third kappa shape index (κ3) is 4.33. The Morgan fingerprint density at radius 2 is 1.77 bits per heavy atom. The molecular formula is C32H31FN4O3. The van der Waals surface area contributed by atoms with Gasteiger partial charge in [-0.15, -0.1) is 0 Å². The molecule has 0 unspecified atom stereocenters. The zero-order chi connectivity index (χ0) is 28.0. The minimum absolute atomic E-state index is 0.147. The molecule has 4 aromatic rings. The Kier molecular flexibility index (Phi) is 6.62. The maximum absolute atomic E-state index is 14.0. The number of hydrogen-bond acceptors (Lipinski definition) is 3. The van der Waals surface area contributed by atoms with E-state index in [1.807, 2.05) is 56.3 Å². The first-order chi connectivity index (χ1) is 19.4. The van der Waals surface area contributed by atoms with Crippen LogP contribution in [0.4, 0.5) is 4.39 Å². The number of H-pyrrole nitrogens is 1. The fraction of sp³-hybridized carbons (Fsp3) is 0.281. The van der Waals surface area contributed by atoms with Gasteiger partial charge in [0.25, 0.3) is 5.91 Å². The molecule has 0 saturated heterocycles. The molecule has 2 aliphatic heterocycles. The molecule has 8 heteroatoms. The zero-order valence-electron chi connectivity index (χ0n) is 22.4. The number of aromatic nitrogens is 1. The second kappa shape index (κ2) is 10.3. The Morgan fingerprint density at radius 3 is 2.55 bits per heavy atom. The summed E-state index contributed by atoms with van der Waals surface area (Å²) in [6.07, 6.45) is 1.01. The number of nitrogens with zero attached hydrogens (tertiary/aromatic N) is 1. The quantitative estimate of drug-likeness (QED) is 0.320. The van der Waals surface area contributed by atoms with E-state index < -0.39 is 18.1 Å². The summed E-state index contributed by atoms with van der Waals surface area (Å²) in [5, 5.41) is 6.91. The van der Waals surface area contributed by atoms with Crippen molar-refractivity contribution in [2.75, 3.05) is 0 Å². The van der Waals surface area contributed by atoms with Crippen LogP contribution in [-0.4, -0.2) is 39.7 Å². The van der Waals surface area contributed by atoms with E-state index in [0.717, 1.165) is 33.3 Å². The van der Waals surface area contributed by atoms with Crippen molar-refractivity contribution in [1.82, 2.24) is 20.5 Å². The molecule has 204 valence electrons. The molecule has 0 saturated carbocycles. The predicted octanol–water partition coefficient (Wildman–Crippen LogP) is 4.62. The highest BCUT2D eigenvalue weighted by atomic mass is 19.1. The van der Waals surface area contributed by atoms with E-state index in [1.54, 1.807) is 23.1 Å². The van der Waals surface area contributed by atoms with Crippen LogP contribution in [0.3, 0.4) is 0 Å². The summed E-state index contributed by atoms with van der Waals surface area (Å²) in [5.74, 6) is -1.35. The number of rotatable bonds is 7. The lowest BCUT2D eigenvalue weighted by atomic mass is 9.89. The van der Waals surface area contributed by atoms with Crippen molar-refractivity contribution in [3.8, 4) is 0 Å². The van der Waals surface area contributed by atoms with Crippen LogP contribution in [0, 0.1) is 11.7 Å². The van der Waals surface area contributed by atoms with Gasteiger partial charge in [-0.2, -0.15) is 0 Å². The summed E-state index contributed by atoms with van der Waals surface area (Å²) >= 11 is 0. The van der Waals surface area contributed by atoms with Gasteiger partial charge in [-0.05, 0) is 46.9 Å². The second-order valence-electron chi connectivity index (χ2n) is 10.7. The largest absolute Gasteiger partial charge is 0.356 e. The number of carbonyl (C=O) groups excluding carboxylic acids is 3. The molecule has 4 atom stereocenters. The first-order valence-electron chi connectivity index (χ1n) is 13.7. The van der Waals surface area contributed by atoms with Crippen LogP contribution in [0.15, 0.2) is 72.8 Å². The summed E-state index contributed by atoms with van der Waals surface area (Å²) in [7, 11) is 0. The molecule has 0 radical (unpaired) electrons. The van der Waals surface area contributed by atoms with Gasteiger partial charge in [0.1, 0.15) is 17.9 Å². The highest BCUT2D eigenvalue weighted by Crippen LogP contribution is 2.46. The molecule has 1 aromatic heterocycles. The van der Waals surface area contributed by atoms with Gasteiger partial charge in [-0.1, -0.05) is 68.8 Å². The number of amides is 3. The van der Waals surface area contributed by atoms with Crippen molar-refractivity contribution in [3.63, 3.8) is 0 Å². The van der Waals surface area contributed by atoms with E-state index in [9.17, 15) is 18.8 Å². The summed E-state index contributed by atoms with van der Waals surface area (Å²) in [6, 6.07) is 19.4. The van der Waals surface area contributed by atoms with Crippen LogP contribution in [0.25, 0.3) is 10.9 Å². The number of carbonyl (C=O) groups is 3. The fourth-order valence-electron chi connectivity index (χ4n) is 5.99. The molecule has 0 aliphatic carbocycles. The van der Waals surface area contributed by atoms with Crippen LogP contribution in [0.5, 0.6) is 0 Å². The number of nitrogens with one attached hydrogen (secondary N) is 3. The molecule has 6 rings (SSSR count). The molecule has 0 spiro atoms. The molecule has 3 amide bonds. The standard InChI is InChI=1S/C32H31FN4O3/c1-3-18(2)27(31(39)34-17-19-12-14-20(33)15-13-19)36-30(38)26-16-24-21-8-6-7-11-25(21)35-28(24)29-22-9-4-5-10-23(22)32(40)37(26)29/h4-15,18,26-27,29,35H,3,16-17H2,1-2H3,(H,34,39)(H,36,38)/t18-,26+,27+,29+/m1/s1. The van der Waals surface area contributed by atoms with Crippen molar-refractivity contribution in [3.05, 3.63) is 107 Å². The van der Waals surface area contributed by atoms with Gasteiger partial charge in [0, 0.05) is 35.1 Å². The second-order valence-corrected chi connectivity index (χ2v) is 10.7. The average molecular weight is 539 g/mol. The molecule has 3 heterocycles. The maximum Gasteiger partial charge on any atom is 0.255 e. The van der Waals surface area contributed by atoms with E-state index in [1.165, 1.54) is 12.1 Å². The highest BCUT2D eigenvalue weighted by Gasteiger charge is 2.49. The lowest BCUT2D eigenvalue weighted by Crippen LogP contribution is -2.58. The normalized spacial score (nSPS) is 19.0. The maximum atomic E-state index is 14.0. The van der Waals surface area contributed by atoms with Gasteiger partial charge in [0.2, 0.25) is 11.8 Å². The summed E-state index contributed by atoms with van der Waals surface area (Å²) in [5.41, 5.74) is 5.12. The number of para-hydroxylation sites is 1. The molecule has 0 fully saturated rings. The van der Waals surface area contributed by atoms with E-state index in [-0.39, 0.29) is 36.0 Å².